The molecule has 26 heavy (non-hydrogen) atoms. The number of hydrogen-bond donors (Lipinski definition) is 0. The summed E-state index contributed by atoms with van der Waals surface area (Å²) in [7, 11) is -0.729. The van der Waals surface area contributed by atoms with E-state index < -0.39 is 0 Å². The van der Waals surface area contributed by atoms with Crippen LogP contribution in [0.4, 0.5) is 0 Å². The zero-order valence-electron chi connectivity index (χ0n) is 16.7. The Morgan fingerprint density at radius 1 is 0.808 bits per heavy atom. The summed E-state index contributed by atoms with van der Waals surface area (Å²) in [5.74, 6) is 0. The minimum atomic E-state index is -0.387. The van der Waals surface area contributed by atoms with Crippen LogP contribution in [0.3, 0.4) is 0 Å². The Morgan fingerprint density at radius 3 is 1.73 bits per heavy atom. The van der Waals surface area contributed by atoms with Gasteiger partial charge in [-0.1, -0.05) is 65.0 Å². The highest BCUT2D eigenvalue weighted by Crippen LogP contribution is 2.34. The monoisotopic (exact) mass is 356 g/mol. The maximum Gasteiger partial charge on any atom is 0.493 e. The molecule has 1 aromatic rings. The van der Waals surface area contributed by atoms with E-state index in [-0.39, 0.29) is 25.1 Å². The van der Waals surface area contributed by atoms with Crippen LogP contribution in [-0.4, -0.2) is 40.7 Å². The summed E-state index contributed by atoms with van der Waals surface area (Å²) in [6.07, 6.45) is 0.821. The molecule has 2 fully saturated rings. The maximum absolute atomic E-state index is 6.13. The van der Waals surface area contributed by atoms with Crippen LogP contribution < -0.4 is 0 Å². The van der Waals surface area contributed by atoms with Crippen molar-refractivity contribution in [2.24, 2.45) is 10.8 Å². The third-order valence-corrected chi connectivity index (χ3v) is 4.83. The SMILES string of the molecule is CCC(B1OCC(C)(C)CO1)=C(B1OCC(C)(C)CO1)c1ccccc1. The third kappa shape index (κ3) is 4.61. The smallest absolute Gasteiger partial charge is 0.407 e. The quantitative estimate of drug-likeness (QED) is 0.763. The fourth-order valence-electron chi connectivity index (χ4n) is 3.33. The molecule has 0 aromatic heterocycles. The lowest BCUT2D eigenvalue weighted by Crippen LogP contribution is -2.45. The van der Waals surface area contributed by atoms with E-state index in [9.17, 15) is 0 Å². The van der Waals surface area contributed by atoms with Gasteiger partial charge in [0.05, 0.1) is 0 Å². The van der Waals surface area contributed by atoms with Crippen molar-refractivity contribution >= 4 is 19.7 Å². The molecular formula is C20H30B2O4. The van der Waals surface area contributed by atoms with Gasteiger partial charge in [-0.3, -0.25) is 0 Å². The van der Waals surface area contributed by atoms with Gasteiger partial charge in [-0.2, -0.15) is 0 Å². The molecule has 0 radical (unpaired) electrons. The second-order valence-electron chi connectivity index (χ2n) is 8.89. The fraction of sp³-hybridized carbons (Fsp3) is 0.600. The highest BCUT2D eigenvalue weighted by atomic mass is 16.6. The average Bonchev–Trinajstić information content (AvgIpc) is 2.61. The first-order valence-corrected chi connectivity index (χ1v) is 9.56. The highest BCUT2D eigenvalue weighted by Gasteiger charge is 2.41. The van der Waals surface area contributed by atoms with E-state index >= 15 is 0 Å². The topological polar surface area (TPSA) is 36.9 Å². The number of benzene rings is 1. The van der Waals surface area contributed by atoms with Crippen LogP contribution in [0.15, 0.2) is 35.8 Å². The summed E-state index contributed by atoms with van der Waals surface area (Å²) in [6.45, 7) is 13.5. The Kier molecular flexibility index (Phi) is 5.97. The molecule has 4 nitrogen and oxygen atoms in total. The minimum absolute atomic E-state index is 0.0343. The van der Waals surface area contributed by atoms with Crippen LogP contribution in [0.5, 0.6) is 0 Å². The van der Waals surface area contributed by atoms with Gasteiger partial charge < -0.3 is 18.6 Å². The zero-order valence-corrected chi connectivity index (χ0v) is 16.7. The van der Waals surface area contributed by atoms with Gasteiger partial charge in [0.15, 0.2) is 0 Å². The van der Waals surface area contributed by atoms with Gasteiger partial charge >= 0.3 is 14.2 Å². The Balaban J connectivity index is 1.94. The van der Waals surface area contributed by atoms with Crippen molar-refractivity contribution in [3.63, 3.8) is 0 Å². The van der Waals surface area contributed by atoms with Gasteiger partial charge in [0.1, 0.15) is 0 Å². The van der Waals surface area contributed by atoms with E-state index in [4.69, 9.17) is 18.6 Å². The molecule has 2 aliphatic heterocycles. The fourth-order valence-corrected chi connectivity index (χ4v) is 3.33. The van der Waals surface area contributed by atoms with E-state index in [0.717, 1.165) is 22.9 Å². The van der Waals surface area contributed by atoms with Crippen molar-refractivity contribution in [2.75, 3.05) is 26.4 Å². The Morgan fingerprint density at radius 2 is 1.27 bits per heavy atom. The number of rotatable bonds is 4. The van der Waals surface area contributed by atoms with Crippen LogP contribution in [0, 0.1) is 10.8 Å². The molecule has 140 valence electrons. The maximum atomic E-state index is 6.13. The lowest BCUT2D eigenvalue weighted by Gasteiger charge is -2.37. The van der Waals surface area contributed by atoms with Gasteiger partial charge in [-0.25, -0.2) is 0 Å². The molecule has 0 aliphatic carbocycles. The molecule has 0 atom stereocenters. The lowest BCUT2D eigenvalue weighted by atomic mass is 9.60. The Bertz CT molecular complexity index is 622. The second kappa shape index (κ2) is 7.89. The van der Waals surface area contributed by atoms with Crippen molar-refractivity contribution < 1.29 is 18.6 Å². The first-order valence-electron chi connectivity index (χ1n) is 9.56. The molecule has 0 unspecified atom stereocenters. The van der Waals surface area contributed by atoms with E-state index in [0.29, 0.717) is 26.4 Å². The number of hydrogen-bond acceptors (Lipinski definition) is 4. The van der Waals surface area contributed by atoms with Crippen LogP contribution in [0.25, 0.3) is 5.47 Å². The van der Waals surface area contributed by atoms with Crippen LogP contribution in [-0.2, 0) is 18.6 Å². The highest BCUT2D eigenvalue weighted by molar-refractivity contribution is 6.73. The van der Waals surface area contributed by atoms with Gasteiger partial charge in [-0.15, -0.1) is 0 Å². The number of allylic oxidation sites excluding steroid dienone is 1. The standard InChI is InChI=1S/C20H30B2O4/c1-6-17(21-23-12-19(2,3)13-24-21)18(16-10-8-7-9-11-16)22-25-14-20(4,5)15-26-22/h7-11H,6,12-15H2,1-5H3. The average molecular weight is 356 g/mol. The minimum Gasteiger partial charge on any atom is -0.407 e. The van der Waals surface area contributed by atoms with Crippen molar-refractivity contribution in [3.8, 4) is 0 Å². The molecule has 0 bridgehead atoms. The molecule has 6 heteroatoms. The van der Waals surface area contributed by atoms with E-state index in [1.54, 1.807) is 0 Å². The van der Waals surface area contributed by atoms with Crippen molar-refractivity contribution in [2.45, 2.75) is 41.0 Å². The van der Waals surface area contributed by atoms with Gasteiger partial charge in [0, 0.05) is 37.3 Å². The van der Waals surface area contributed by atoms with Crippen LogP contribution >= 0.6 is 0 Å². The summed E-state index contributed by atoms with van der Waals surface area (Å²) in [5.41, 5.74) is 3.34. The van der Waals surface area contributed by atoms with Gasteiger partial charge in [0.2, 0.25) is 0 Å². The second-order valence-corrected chi connectivity index (χ2v) is 8.89. The summed E-state index contributed by atoms with van der Waals surface area (Å²) in [6, 6.07) is 10.3. The molecule has 0 spiro atoms. The molecule has 3 rings (SSSR count). The van der Waals surface area contributed by atoms with E-state index in [2.05, 4.69) is 46.8 Å². The largest absolute Gasteiger partial charge is 0.493 e. The lowest BCUT2D eigenvalue weighted by molar-refractivity contribution is 0.0308. The third-order valence-electron chi connectivity index (χ3n) is 4.83. The Labute approximate surface area is 158 Å². The molecule has 2 heterocycles. The summed E-state index contributed by atoms with van der Waals surface area (Å²) >= 11 is 0. The van der Waals surface area contributed by atoms with E-state index in [1.807, 2.05) is 18.2 Å². The molecule has 1 aromatic carbocycles. The predicted octanol–water partition coefficient (Wildman–Crippen LogP) is 4.05. The first-order chi connectivity index (χ1) is 12.3. The molecule has 0 amide bonds. The molecule has 0 N–H and O–H groups in total. The summed E-state index contributed by atoms with van der Waals surface area (Å²) in [5, 5.41) is 0. The Hall–Kier alpha value is -1.07. The van der Waals surface area contributed by atoms with Crippen LogP contribution in [0.2, 0.25) is 0 Å². The van der Waals surface area contributed by atoms with Crippen molar-refractivity contribution in [1.82, 2.24) is 0 Å². The molecule has 2 saturated heterocycles. The van der Waals surface area contributed by atoms with Gasteiger partial charge in [-0.05, 0) is 22.9 Å². The summed E-state index contributed by atoms with van der Waals surface area (Å²) in [4.78, 5) is 0. The zero-order chi connectivity index (χ0) is 18.8. The van der Waals surface area contributed by atoms with E-state index in [1.165, 1.54) is 0 Å². The molecular weight excluding hydrogens is 326 g/mol. The molecule has 2 aliphatic rings. The first kappa shape index (κ1) is 19.7. The summed E-state index contributed by atoms with van der Waals surface area (Å²) < 4.78 is 24.4. The van der Waals surface area contributed by atoms with Crippen molar-refractivity contribution in [3.05, 3.63) is 41.4 Å². The van der Waals surface area contributed by atoms with Gasteiger partial charge in [0.25, 0.3) is 0 Å². The molecule has 0 saturated carbocycles. The predicted molar refractivity (Wildman–Crippen MR) is 107 cm³/mol. The van der Waals surface area contributed by atoms with Crippen molar-refractivity contribution in [1.29, 1.82) is 0 Å². The van der Waals surface area contributed by atoms with Crippen LogP contribution in [0.1, 0.15) is 46.6 Å². The normalized spacial score (nSPS) is 23.6.